The molecule has 94 valence electrons. The Kier molecular flexibility index (Phi) is 3.51. The Morgan fingerprint density at radius 1 is 1.18 bits per heavy atom. The molecule has 1 aromatic rings. The molecule has 2 N–H and O–H groups in total. The molecule has 5 nitrogen and oxygen atoms in total. The highest BCUT2D eigenvalue weighted by Crippen LogP contribution is 2.36. The van der Waals surface area contributed by atoms with Crippen LogP contribution in [0, 0.1) is 0 Å². The van der Waals surface area contributed by atoms with Crippen LogP contribution >= 0.6 is 0 Å². The molecule has 1 aliphatic rings. The molecule has 1 fully saturated rings. The summed E-state index contributed by atoms with van der Waals surface area (Å²) in [5, 5.41) is 0. The zero-order valence-corrected chi connectivity index (χ0v) is 10.1. The van der Waals surface area contributed by atoms with E-state index in [-0.39, 0.29) is 6.54 Å². The fourth-order valence-corrected chi connectivity index (χ4v) is 1.93. The molecule has 0 saturated carbocycles. The lowest BCUT2D eigenvalue weighted by Crippen LogP contribution is -2.36. The van der Waals surface area contributed by atoms with Gasteiger partial charge in [0.15, 0.2) is 11.5 Å². The molecule has 0 spiro atoms. The zero-order chi connectivity index (χ0) is 12.3. The summed E-state index contributed by atoms with van der Waals surface area (Å²) in [6, 6.07) is 5.52. The van der Waals surface area contributed by atoms with E-state index in [0.29, 0.717) is 24.7 Å². The first-order valence-corrected chi connectivity index (χ1v) is 5.46. The second-order valence-corrected chi connectivity index (χ2v) is 3.72. The second-order valence-electron chi connectivity index (χ2n) is 3.72. The van der Waals surface area contributed by atoms with Gasteiger partial charge >= 0.3 is 0 Å². The maximum absolute atomic E-state index is 5.74. The van der Waals surface area contributed by atoms with Crippen LogP contribution in [0.5, 0.6) is 11.5 Å². The van der Waals surface area contributed by atoms with Gasteiger partial charge in [0, 0.05) is 5.56 Å². The third-order valence-electron chi connectivity index (χ3n) is 2.85. The van der Waals surface area contributed by atoms with E-state index in [4.69, 9.17) is 24.7 Å². The van der Waals surface area contributed by atoms with E-state index in [0.717, 1.165) is 5.56 Å². The van der Waals surface area contributed by atoms with E-state index in [1.165, 1.54) is 0 Å². The van der Waals surface area contributed by atoms with Crippen LogP contribution in [0.15, 0.2) is 18.2 Å². The number of nitrogens with two attached hydrogens (primary N) is 1. The van der Waals surface area contributed by atoms with Crippen molar-refractivity contribution in [3.05, 3.63) is 23.8 Å². The Morgan fingerprint density at radius 3 is 2.35 bits per heavy atom. The van der Waals surface area contributed by atoms with Crippen LogP contribution in [-0.2, 0) is 15.3 Å². The molecule has 1 saturated heterocycles. The summed E-state index contributed by atoms with van der Waals surface area (Å²) in [5.41, 5.74) is 6.58. The number of benzene rings is 1. The molecule has 1 aromatic carbocycles. The van der Waals surface area contributed by atoms with Crippen LogP contribution in [0.25, 0.3) is 0 Å². The van der Waals surface area contributed by atoms with Gasteiger partial charge < -0.3 is 24.7 Å². The molecule has 0 aromatic heterocycles. The molecule has 0 aliphatic carbocycles. The summed E-state index contributed by atoms with van der Waals surface area (Å²) in [6.45, 7) is 1.36. The molecule has 1 aliphatic heterocycles. The highest BCUT2D eigenvalue weighted by Gasteiger charge is 2.37. The van der Waals surface area contributed by atoms with Crippen molar-refractivity contribution in [1.29, 1.82) is 0 Å². The summed E-state index contributed by atoms with van der Waals surface area (Å²) in [6.07, 6.45) is 0. The first-order valence-electron chi connectivity index (χ1n) is 5.46. The van der Waals surface area contributed by atoms with Gasteiger partial charge in [-0.2, -0.15) is 0 Å². The van der Waals surface area contributed by atoms with Gasteiger partial charge in [-0.3, -0.25) is 0 Å². The number of ether oxygens (including phenoxy) is 4. The largest absolute Gasteiger partial charge is 0.493 e. The van der Waals surface area contributed by atoms with Gasteiger partial charge in [-0.05, 0) is 18.2 Å². The van der Waals surface area contributed by atoms with E-state index in [1.54, 1.807) is 14.2 Å². The lowest BCUT2D eigenvalue weighted by atomic mass is 10.1. The van der Waals surface area contributed by atoms with Gasteiger partial charge in [-0.25, -0.2) is 0 Å². The van der Waals surface area contributed by atoms with Crippen molar-refractivity contribution >= 4 is 0 Å². The molecule has 17 heavy (non-hydrogen) atoms. The topological polar surface area (TPSA) is 62.9 Å². The molecular weight excluding hydrogens is 222 g/mol. The third kappa shape index (κ3) is 2.09. The Labute approximate surface area is 100 Å². The van der Waals surface area contributed by atoms with Crippen molar-refractivity contribution in [2.24, 2.45) is 5.73 Å². The molecule has 0 amide bonds. The van der Waals surface area contributed by atoms with Gasteiger partial charge in [-0.15, -0.1) is 0 Å². The van der Waals surface area contributed by atoms with Crippen LogP contribution in [-0.4, -0.2) is 34.0 Å². The van der Waals surface area contributed by atoms with Crippen LogP contribution in [0.4, 0.5) is 0 Å². The summed E-state index contributed by atoms with van der Waals surface area (Å²) in [5.74, 6) is 0.456. The van der Waals surface area contributed by atoms with Crippen molar-refractivity contribution in [3.8, 4) is 11.5 Å². The van der Waals surface area contributed by atoms with E-state index < -0.39 is 5.79 Å². The van der Waals surface area contributed by atoms with Crippen LogP contribution in [0.3, 0.4) is 0 Å². The summed E-state index contributed by atoms with van der Waals surface area (Å²) >= 11 is 0. The van der Waals surface area contributed by atoms with Crippen LogP contribution in [0.2, 0.25) is 0 Å². The van der Waals surface area contributed by atoms with E-state index in [2.05, 4.69) is 0 Å². The lowest BCUT2D eigenvalue weighted by molar-refractivity contribution is -0.157. The van der Waals surface area contributed by atoms with Gasteiger partial charge in [0.25, 0.3) is 0 Å². The SMILES string of the molecule is COc1ccc(C2(CN)OCCO2)cc1OC. The molecule has 0 radical (unpaired) electrons. The Bertz CT molecular complexity index is 388. The predicted molar refractivity (Wildman–Crippen MR) is 62.2 cm³/mol. The molecule has 0 unspecified atom stereocenters. The average molecular weight is 239 g/mol. The Morgan fingerprint density at radius 2 is 1.82 bits per heavy atom. The van der Waals surface area contributed by atoms with Gasteiger partial charge in [0.2, 0.25) is 5.79 Å². The normalized spacial score (nSPS) is 18.1. The third-order valence-corrected chi connectivity index (χ3v) is 2.85. The van der Waals surface area contributed by atoms with Crippen molar-refractivity contribution in [1.82, 2.24) is 0 Å². The first kappa shape index (κ1) is 12.2. The standard InChI is InChI=1S/C12H17NO4/c1-14-10-4-3-9(7-11(10)15-2)12(8-13)16-5-6-17-12/h3-4,7H,5-6,8,13H2,1-2H3. The van der Waals surface area contributed by atoms with E-state index >= 15 is 0 Å². The van der Waals surface area contributed by atoms with Crippen molar-refractivity contribution in [2.75, 3.05) is 34.0 Å². The minimum absolute atomic E-state index is 0.266. The summed E-state index contributed by atoms with van der Waals surface area (Å²) < 4.78 is 21.6. The summed E-state index contributed by atoms with van der Waals surface area (Å²) in [7, 11) is 3.19. The van der Waals surface area contributed by atoms with Crippen molar-refractivity contribution < 1.29 is 18.9 Å². The maximum Gasteiger partial charge on any atom is 0.207 e. The number of hydrogen-bond acceptors (Lipinski definition) is 5. The van der Waals surface area contributed by atoms with Gasteiger partial charge in [-0.1, -0.05) is 0 Å². The van der Waals surface area contributed by atoms with Gasteiger partial charge in [0.1, 0.15) is 0 Å². The Balaban J connectivity index is 2.38. The predicted octanol–water partition coefficient (Wildman–Crippen LogP) is 0.862. The lowest BCUT2D eigenvalue weighted by Gasteiger charge is -2.26. The molecule has 0 bridgehead atoms. The average Bonchev–Trinajstić information content (AvgIpc) is 2.88. The second kappa shape index (κ2) is 4.91. The van der Waals surface area contributed by atoms with Crippen molar-refractivity contribution in [3.63, 3.8) is 0 Å². The fourth-order valence-electron chi connectivity index (χ4n) is 1.93. The van der Waals surface area contributed by atoms with E-state index in [9.17, 15) is 0 Å². The van der Waals surface area contributed by atoms with Crippen LogP contribution in [0.1, 0.15) is 5.56 Å². The molecule has 2 rings (SSSR count). The maximum atomic E-state index is 5.74. The number of hydrogen-bond donors (Lipinski definition) is 1. The molecule has 5 heteroatoms. The minimum Gasteiger partial charge on any atom is -0.493 e. The number of methoxy groups -OCH3 is 2. The highest BCUT2D eigenvalue weighted by atomic mass is 16.7. The molecular formula is C12H17NO4. The fraction of sp³-hybridized carbons (Fsp3) is 0.500. The number of rotatable bonds is 4. The quantitative estimate of drug-likeness (QED) is 0.844. The van der Waals surface area contributed by atoms with Crippen molar-refractivity contribution in [2.45, 2.75) is 5.79 Å². The zero-order valence-electron chi connectivity index (χ0n) is 10.1. The van der Waals surface area contributed by atoms with Gasteiger partial charge in [0.05, 0.1) is 34.0 Å². The van der Waals surface area contributed by atoms with Crippen LogP contribution < -0.4 is 15.2 Å². The highest BCUT2D eigenvalue weighted by molar-refractivity contribution is 5.44. The monoisotopic (exact) mass is 239 g/mol. The molecule has 0 atom stereocenters. The smallest absolute Gasteiger partial charge is 0.207 e. The minimum atomic E-state index is -0.848. The Hall–Kier alpha value is -1.30. The summed E-state index contributed by atoms with van der Waals surface area (Å²) in [4.78, 5) is 0. The first-order chi connectivity index (χ1) is 8.25. The molecule has 1 heterocycles. The van der Waals surface area contributed by atoms with E-state index in [1.807, 2.05) is 18.2 Å².